The largest absolute Gasteiger partial charge is 2.00 e. The van der Waals surface area contributed by atoms with E-state index in [1.807, 2.05) is 0 Å². The van der Waals surface area contributed by atoms with Gasteiger partial charge in [-0.25, -0.2) is 0 Å². The zero-order valence-corrected chi connectivity index (χ0v) is 12.1. The van der Waals surface area contributed by atoms with E-state index in [2.05, 4.69) is 0 Å². The van der Waals surface area contributed by atoms with Crippen molar-refractivity contribution >= 4 is 12.3 Å². The second-order valence-corrected chi connectivity index (χ2v) is 0.500. The first-order valence-electron chi connectivity index (χ1n) is 1.22. The van der Waals surface area contributed by atoms with E-state index in [0.29, 0.717) is 0 Å². The summed E-state index contributed by atoms with van der Waals surface area (Å²) in [5.41, 5.74) is 0. The van der Waals surface area contributed by atoms with Crippen molar-refractivity contribution in [3.8, 4) is 0 Å². The number of hydrogen-bond donors (Lipinski definition) is 0. The monoisotopic (exact) mass is 237 g/mol. The van der Waals surface area contributed by atoms with Crippen LogP contribution in [0.25, 0.3) is 0 Å². The molecule has 0 fully saturated rings. The summed E-state index contributed by atoms with van der Waals surface area (Å²) < 4.78 is 0. The summed E-state index contributed by atoms with van der Waals surface area (Å²) in [5.74, 6) is 0. The molecule has 1 radical (unpaired) electrons. The van der Waals surface area contributed by atoms with Crippen LogP contribution in [0.15, 0.2) is 0 Å². The van der Waals surface area contributed by atoms with E-state index < -0.39 is 12.3 Å². The molecule has 0 unspecified atom stereocenters. The molecule has 0 bridgehead atoms. The predicted octanol–water partition coefficient (Wildman–Crippen LogP) is -10.9. The van der Waals surface area contributed by atoms with E-state index in [1.54, 1.807) is 0 Å². The van der Waals surface area contributed by atoms with Crippen molar-refractivity contribution in [2.75, 3.05) is 0 Å². The maximum atomic E-state index is 8.33. The Morgan fingerprint density at radius 1 is 0.818 bits per heavy atom. The minimum atomic E-state index is -2.33. The third-order valence-electron chi connectivity index (χ3n) is 0. The molecule has 6 nitrogen and oxygen atoms in total. The van der Waals surface area contributed by atoms with Crippen LogP contribution in [0, 0.1) is 0 Å². The van der Waals surface area contributed by atoms with Crippen LogP contribution in [0.1, 0.15) is 0 Å². The minimum Gasteiger partial charge on any atom is -0.652 e. The molecule has 0 aliphatic carbocycles. The Bertz CT molecular complexity index is 78.6. The quantitative estimate of drug-likeness (QED) is 0.385. The molecule has 9 heteroatoms. The number of carbonyl (C=O) groups excluding carboxylic acids is 2. The van der Waals surface area contributed by atoms with Gasteiger partial charge in [-0.1, -0.05) is 0 Å². The zero-order valence-electron chi connectivity index (χ0n) is 5.83. The van der Waals surface area contributed by atoms with Crippen molar-refractivity contribution < 1.29 is 128 Å². The van der Waals surface area contributed by atoms with Crippen LogP contribution in [0.4, 0.5) is 9.59 Å². The molecule has 0 aliphatic rings. The summed E-state index contributed by atoms with van der Waals surface area (Å²) in [4.78, 5) is 16.7. The van der Waals surface area contributed by atoms with Gasteiger partial charge >= 0.3 is 98.0 Å². The van der Waals surface area contributed by atoms with Crippen molar-refractivity contribution in [1.29, 1.82) is 0 Å². The smallest absolute Gasteiger partial charge is 0.652 e. The molecule has 0 aromatic rings. The van der Waals surface area contributed by atoms with Crippen molar-refractivity contribution in [2.24, 2.45) is 0 Å². The molecule has 0 N–H and O–H groups in total. The van der Waals surface area contributed by atoms with E-state index >= 15 is 0 Å². The Balaban J connectivity index is -0.0000000171. The first-order chi connectivity index (χ1) is 3.46. The molecule has 0 saturated carbocycles. The molecule has 0 aliphatic heterocycles. The Hall–Kier alpha value is 1.70. The van der Waals surface area contributed by atoms with Crippen LogP contribution in [0.5, 0.6) is 0 Å². The van der Waals surface area contributed by atoms with Gasteiger partial charge in [0.2, 0.25) is 0 Å². The first-order valence-corrected chi connectivity index (χ1v) is 1.22. The molecular weight excluding hydrogens is 237 g/mol. The van der Waals surface area contributed by atoms with Crippen LogP contribution < -0.4 is 101 Å². The average Bonchev–Trinajstić information content (AvgIpc) is 1.25. The van der Waals surface area contributed by atoms with Crippen LogP contribution in [-0.4, -0.2) is 12.3 Å². The van der Waals surface area contributed by atoms with Gasteiger partial charge in [0.1, 0.15) is 0 Å². The van der Waals surface area contributed by atoms with Crippen molar-refractivity contribution in [3.63, 3.8) is 0 Å². The van der Waals surface area contributed by atoms with Gasteiger partial charge in [0.25, 0.3) is 0 Å². The van der Waals surface area contributed by atoms with Crippen LogP contribution in [0.3, 0.4) is 0 Å². The fourth-order valence-corrected chi connectivity index (χ4v) is 0. The van der Waals surface area contributed by atoms with Crippen LogP contribution in [-0.2, 0) is 17.1 Å². The second kappa shape index (κ2) is 22.6. The van der Waals surface area contributed by atoms with Crippen LogP contribution in [0.2, 0.25) is 0 Å². The normalized spacial score (nSPS) is 4.36. The van der Waals surface area contributed by atoms with Gasteiger partial charge in [0, 0.05) is 0 Å². The molecule has 0 atom stereocenters. The number of carbonyl (C=O) groups is 2. The Kier molecular flexibility index (Phi) is 60.2. The zero-order chi connectivity index (χ0) is 7.15. The van der Waals surface area contributed by atoms with Gasteiger partial charge in [-0.3, -0.25) is 0 Å². The van der Waals surface area contributed by atoms with E-state index in [1.165, 1.54) is 0 Å². The Labute approximate surface area is 138 Å². The van der Waals surface area contributed by atoms with Gasteiger partial charge in [-0.2, -0.15) is 0 Å². The van der Waals surface area contributed by atoms with Gasteiger partial charge in [0.15, 0.2) is 0 Å². The van der Waals surface area contributed by atoms with E-state index in [-0.39, 0.29) is 98.0 Å². The predicted molar refractivity (Wildman–Crippen MR) is 10.8 cm³/mol. The molecule has 0 rings (SSSR count). The first kappa shape index (κ1) is 29.3. The van der Waals surface area contributed by atoms with E-state index in [0.717, 1.165) is 0 Å². The summed E-state index contributed by atoms with van der Waals surface area (Å²) in [6.45, 7) is 0. The fraction of sp³-hybridized carbons (Fsp3) is 0. The molecule has 11 heavy (non-hydrogen) atoms. The van der Waals surface area contributed by atoms with Gasteiger partial charge in [-0.05, 0) is 12.3 Å². The summed E-state index contributed by atoms with van der Waals surface area (Å²) in [6, 6.07) is 0. The summed E-state index contributed by atoms with van der Waals surface area (Å²) in [5, 5.41) is 33.3. The minimum absolute atomic E-state index is 0. The van der Waals surface area contributed by atoms with Crippen LogP contribution >= 0.6 is 0 Å². The third-order valence-corrected chi connectivity index (χ3v) is 0. The maximum Gasteiger partial charge on any atom is 2.00 e. The molecular formula is C2KMnNaO6. The Morgan fingerprint density at radius 2 is 0.818 bits per heavy atom. The van der Waals surface area contributed by atoms with Gasteiger partial charge in [0.05, 0.1) is 0 Å². The Morgan fingerprint density at radius 3 is 0.818 bits per heavy atom. The van der Waals surface area contributed by atoms with Crippen molar-refractivity contribution in [1.82, 2.24) is 0 Å². The molecule has 0 spiro atoms. The topological polar surface area (TPSA) is 126 Å². The summed E-state index contributed by atoms with van der Waals surface area (Å²) >= 11 is 0. The number of hydrogen-bond acceptors (Lipinski definition) is 6. The van der Waals surface area contributed by atoms with Gasteiger partial charge in [-0.15, -0.1) is 0 Å². The number of rotatable bonds is 0. The summed E-state index contributed by atoms with van der Waals surface area (Å²) in [7, 11) is 0. The second-order valence-electron chi connectivity index (χ2n) is 0.500. The van der Waals surface area contributed by atoms with Crippen molar-refractivity contribution in [3.05, 3.63) is 0 Å². The molecule has 53 valence electrons. The van der Waals surface area contributed by atoms with Crippen molar-refractivity contribution in [2.45, 2.75) is 0 Å². The summed E-state index contributed by atoms with van der Waals surface area (Å²) in [6.07, 6.45) is -4.67. The molecule has 0 aromatic heterocycles. The van der Waals surface area contributed by atoms with E-state index in [4.69, 9.17) is 30.0 Å². The molecule has 0 saturated heterocycles. The molecule has 0 amide bonds. The van der Waals surface area contributed by atoms with E-state index in [9.17, 15) is 0 Å². The number of carboxylic acid groups (broad SMARTS) is 4. The SMILES string of the molecule is O=C([O-])[O-].O=C([O-])[O-].[K+].[Mn+2].[Na+]. The standard InChI is InChI=1S/2CH2O3.K.Mn.Na/c2*2-1(3)4;;;/h2*(H2,2,3,4);;;/q;;+1;+2;+1/p-4. The average molecular weight is 237 g/mol. The maximum absolute atomic E-state index is 8.33. The third kappa shape index (κ3) is 382. The molecule has 0 aromatic carbocycles. The van der Waals surface area contributed by atoms with Gasteiger partial charge < -0.3 is 30.0 Å². The fourth-order valence-electron chi connectivity index (χ4n) is 0. The molecule has 0 heterocycles.